The lowest BCUT2D eigenvalue weighted by molar-refractivity contribution is 0.405. The number of hydrogen-bond acceptors (Lipinski definition) is 2. The van der Waals surface area contributed by atoms with Crippen molar-refractivity contribution in [1.29, 1.82) is 0 Å². The van der Waals surface area contributed by atoms with Crippen LogP contribution in [0, 0.1) is 0 Å². The van der Waals surface area contributed by atoms with Crippen LogP contribution in [0.2, 0.25) is 0 Å². The summed E-state index contributed by atoms with van der Waals surface area (Å²) in [5, 5.41) is 12.9. The molecule has 0 unspecified atom stereocenters. The lowest BCUT2D eigenvalue weighted by Crippen LogP contribution is -2.38. The Bertz CT molecular complexity index is 323. The summed E-state index contributed by atoms with van der Waals surface area (Å²) in [7, 11) is 1.93. The van der Waals surface area contributed by atoms with E-state index in [0.717, 1.165) is 16.5 Å². The Hall–Kier alpha value is -0.540. The minimum atomic E-state index is 0.00527. The van der Waals surface area contributed by atoms with E-state index in [-0.39, 0.29) is 5.54 Å². The Morgan fingerprint density at radius 1 is 1.43 bits per heavy atom. The molecule has 1 aromatic rings. The molecule has 0 aliphatic carbocycles. The van der Waals surface area contributed by atoms with Gasteiger partial charge in [0.25, 0.3) is 0 Å². The molecule has 1 rings (SSSR count). The number of phenolic OH excluding ortho intramolecular Hbond substituents is 1. The summed E-state index contributed by atoms with van der Waals surface area (Å²) in [4.78, 5) is 0. The minimum Gasteiger partial charge on any atom is -0.508 e. The predicted molar refractivity (Wildman–Crippen MR) is 62.6 cm³/mol. The van der Waals surface area contributed by atoms with Gasteiger partial charge in [0.05, 0.1) is 0 Å². The lowest BCUT2D eigenvalue weighted by Gasteiger charge is -2.24. The van der Waals surface area contributed by atoms with Crippen molar-refractivity contribution in [2.75, 3.05) is 7.05 Å². The molecule has 0 fully saturated rings. The number of hydrogen-bond donors (Lipinski definition) is 2. The molecule has 0 spiro atoms. The fourth-order valence-corrected chi connectivity index (χ4v) is 1.60. The average Bonchev–Trinajstić information content (AvgIpc) is 2.10. The zero-order chi connectivity index (χ0) is 10.8. The first-order chi connectivity index (χ1) is 6.44. The van der Waals surface area contributed by atoms with E-state index in [9.17, 15) is 5.11 Å². The highest BCUT2D eigenvalue weighted by atomic mass is 79.9. The van der Waals surface area contributed by atoms with E-state index < -0.39 is 0 Å². The van der Waals surface area contributed by atoms with Gasteiger partial charge < -0.3 is 10.4 Å². The van der Waals surface area contributed by atoms with Crippen LogP contribution >= 0.6 is 15.9 Å². The number of halogens is 1. The molecule has 0 aromatic heterocycles. The van der Waals surface area contributed by atoms with Crippen molar-refractivity contribution in [3.05, 3.63) is 28.2 Å². The van der Waals surface area contributed by atoms with Crippen LogP contribution in [0.3, 0.4) is 0 Å². The van der Waals surface area contributed by atoms with Crippen LogP contribution < -0.4 is 5.32 Å². The standard InChI is InChI=1S/C11H16BrNO/c1-11(2,13-3)7-8-4-5-9(12)6-10(8)14/h4-6,13-14H,7H2,1-3H3. The van der Waals surface area contributed by atoms with Gasteiger partial charge in [0.15, 0.2) is 0 Å². The third kappa shape index (κ3) is 3.00. The van der Waals surface area contributed by atoms with Gasteiger partial charge in [0, 0.05) is 10.0 Å². The van der Waals surface area contributed by atoms with Gasteiger partial charge in [-0.15, -0.1) is 0 Å². The maximum atomic E-state index is 9.69. The maximum absolute atomic E-state index is 9.69. The Kier molecular flexibility index (Phi) is 3.56. The van der Waals surface area contributed by atoms with Crippen LogP contribution in [0.5, 0.6) is 5.75 Å². The van der Waals surface area contributed by atoms with Crippen molar-refractivity contribution < 1.29 is 5.11 Å². The number of nitrogens with one attached hydrogen (secondary N) is 1. The van der Waals surface area contributed by atoms with E-state index in [1.807, 2.05) is 19.2 Å². The van der Waals surface area contributed by atoms with E-state index >= 15 is 0 Å². The molecule has 14 heavy (non-hydrogen) atoms. The van der Waals surface area contributed by atoms with Crippen LogP contribution in [0.4, 0.5) is 0 Å². The highest BCUT2D eigenvalue weighted by molar-refractivity contribution is 9.10. The SMILES string of the molecule is CNC(C)(C)Cc1ccc(Br)cc1O. The highest BCUT2D eigenvalue weighted by Gasteiger charge is 2.17. The average molecular weight is 258 g/mol. The van der Waals surface area contributed by atoms with Gasteiger partial charge in [-0.25, -0.2) is 0 Å². The Labute approximate surface area is 93.5 Å². The van der Waals surface area contributed by atoms with E-state index in [2.05, 4.69) is 35.1 Å². The first kappa shape index (κ1) is 11.5. The van der Waals surface area contributed by atoms with Crippen molar-refractivity contribution in [2.24, 2.45) is 0 Å². The second kappa shape index (κ2) is 4.32. The van der Waals surface area contributed by atoms with Gasteiger partial charge in [-0.3, -0.25) is 0 Å². The fourth-order valence-electron chi connectivity index (χ4n) is 1.25. The summed E-state index contributed by atoms with van der Waals surface area (Å²) in [5.74, 6) is 0.350. The van der Waals surface area contributed by atoms with Crippen LogP contribution in [0.25, 0.3) is 0 Å². The van der Waals surface area contributed by atoms with E-state index in [1.165, 1.54) is 0 Å². The molecule has 0 radical (unpaired) electrons. The van der Waals surface area contributed by atoms with E-state index in [0.29, 0.717) is 5.75 Å². The van der Waals surface area contributed by atoms with Crippen molar-refractivity contribution in [3.8, 4) is 5.75 Å². The number of likely N-dealkylation sites (N-methyl/N-ethyl adjacent to an activating group) is 1. The first-order valence-electron chi connectivity index (χ1n) is 4.61. The second-order valence-corrected chi connectivity index (χ2v) is 5.00. The molecule has 2 nitrogen and oxygen atoms in total. The summed E-state index contributed by atoms with van der Waals surface area (Å²) in [5.41, 5.74) is 0.971. The summed E-state index contributed by atoms with van der Waals surface area (Å²) < 4.78 is 0.904. The molecular weight excluding hydrogens is 242 g/mol. The monoisotopic (exact) mass is 257 g/mol. The number of benzene rings is 1. The van der Waals surface area contributed by atoms with Crippen molar-refractivity contribution in [2.45, 2.75) is 25.8 Å². The van der Waals surface area contributed by atoms with Crippen molar-refractivity contribution >= 4 is 15.9 Å². The molecule has 0 saturated carbocycles. The van der Waals surface area contributed by atoms with Crippen LogP contribution in [-0.2, 0) is 6.42 Å². The summed E-state index contributed by atoms with van der Waals surface area (Å²) >= 11 is 3.32. The molecule has 0 atom stereocenters. The van der Waals surface area contributed by atoms with Crippen LogP contribution in [0.1, 0.15) is 19.4 Å². The molecular formula is C11H16BrNO. The predicted octanol–water partition coefficient (Wildman–Crippen LogP) is 2.70. The minimum absolute atomic E-state index is 0.00527. The van der Waals surface area contributed by atoms with Gasteiger partial charge in [-0.1, -0.05) is 22.0 Å². The normalized spacial score (nSPS) is 11.7. The smallest absolute Gasteiger partial charge is 0.119 e. The Morgan fingerprint density at radius 3 is 2.57 bits per heavy atom. The maximum Gasteiger partial charge on any atom is 0.119 e. The lowest BCUT2D eigenvalue weighted by atomic mass is 9.95. The van der Waals surface area contributed by atoms with Crippen molar-refractivity contribution in [3.63, 3.8) is 0 Å². The quantitative estimate of drug-likeness (QED) is 0.873. The van der Waals surface area contributed by atoms with Crippen molar-refractivity contribution in [1.82, 2.24) is 5.32 Å². The third-order valence-electron chi connectivity index (χ3n) is 2.36. The molecule has 0 saturated heterocycles. The second-order valence-electron chi connectivity index (χ2n) is 4.08. The van der Waals surface area contributed by atoms with Crippen LogP contribution in [0.15, 0.2) is 22.7 Å². The summed E-state index contributed by atoms with van der Waals surface area (Å²) in [6.07, 6.45) is 0.808. The highest BCUT2D eigenvalue weighted by Crippen LogP contribution is 2.25. The summed E-state index contributed by atoms with van der Waals surface area (Å²) in [6, 6.07) is 5.61. The number of rotatable bonds is 3. The summed E-state index contributed by atoms with van der Waals surface area (Å²) in [6.45, 7) is 4.21. The molecule has 2 N–H and O–H groups in total. The molecule has 0 bridgehead atoms. The topological polar surface area (TPSA) is 32.3 Å². The van der Waals surface area contributed by atoms with E-state index in [1.54, 1.807) is 6.07 Å². The number of aromatic hydroxyl groups is 1. The van der Waals surface area contributed by atoms with Gasteiger partial charge >= 0.3 is 0 Å². The molecule has 0 amide bonds. The van der Waals surface area contributed by atoms with Gasteiger partial charge in [0.2, 0.25) is 0 Å². The van der Waals surface area contributed by atoms with E-state index in [4.69, 9.17) is 0 Å². The largest absolute Gasteiger partial charge is 0.508 e. The molecule has 0 heterocycles. The zero-order valence-electron chi connectivity index (χ0n) is 8.76. The molecule has 1 aromatic carbocycles. The Morgan fingerprint density at radius 2 is 2.07 bits per heavy atom. The van der Waals surface area contributed by atoms with Gasteiger partial charge in [-0.2, -0.15) is 0 Å². The molecule has 78 valence electrons. The van der Waals surface area contributed by atoms with Gasteiger partial charge in [0.1, 0.15) is 5.75 Å². The van der Waals surface area contributed by atoms with Gasteiger partial charge in [-0.05, 0) is 45.0 Å². The number of phenols is 1. The zero-order valence-corrected chi connectivity index (χ0v) is 10.4. The molecule has 3 heteroatoms. The van der Waals surface area contributed by atoms with Crippen LogP contribution in [-0.4, -0.2) is 17.7 Å². The fraction of sp³-hybridized carbons (Fsp3) is 0.455. The molecule has 0 aliphatic heterocycles. The Balaban J connectivity index is 2.87. The first-order valence-corrected chi connectivity index (χ1v) is 5.40. The third-order valence-corrected chi connectivity index (χ3v) is 2.85. The molecule has 0 aliphatic rings.